The van der Waals surface area contributed by atoms with Gasteiger partial charge in [-0.1, -0.05) is 30.3 Å². The molecule has 1 N–H and O–H groups in total. The smallest absolute Gasteiger partial charge is 0.312 e. The summed E-state index contributed by atoms with van der Waals surface area (Å²) in [6.07, 6.45) is -1.09. The first-order valence-corrected chi connectivity index (χ1v) is 7.16. The normalized spacial score (nSPS) is 25.5. The van der Waals surface area contributed by atoms with Gasteiger partial charge in [0.05, 0.1) is 32.2 Å². The zero-order valence-corrected chi connectivity index (χ0v) is 12.8. The second-order valence-corrected chi connectivity index (χ2v) is 5.43. The molecule has 1 aromatic carbocycles. The van der Waals surface area contributed by atoms with Crippen LogP contribution in [-0.4, -0.2) is 55.4 Å². The molecule has 0 radical (unpaired) electrons. The van der Waals surface area contributed by atoms with Crippen molar-refractivity contribution in [1.82, 2.24) is 4.90 Å². The fraction of sp³-hybridized carbons (Fsp3) is 0.500. The van der Waals surface area contributed by atoms with E-state index in [9.17, 15) is 14.7 Å². The first-order valence-electron chi connectivity index (χ1n) is 7.16. The van der Waals surface area contributed by atoms with Crippen LogP contribution in [0.2, 0.25) is 0 Å². The molecule has 6 heteroatoms. The van der Waals surface area contributed by atoms with Crippen molar-refractivity contribution in [1.29, 1.82) is 0 Å². The molecular formula is C16H21NO5. The van der Waals surface area contributed by atoms with Crippen molar-refractivity contribution in [3.8, 4) is 0 Å². The van der Waals surface area contributed by atoms with Gasteiger partial charge in [0.2, 0.25) is 0 Å². The van der Waals surface area contributed by atoms with E-state index in [2.05, 4.69) is 0 Å². The van der Waals surface area contributed by atoms with Gasteiger partial charge in [0.25, 0.3) is 0 Å². The lowest BCUT2D eigenvalue weighted by atomic mass is 9.85. The molecule has 0 aromatic heterocycles. The first-order chi connectivity index (χ1) is 10.6. The molecule has 0 aliphatic carbocycles. The Kier molecular flexibility index (Phi) is 5.51. The Morgan fingerprint density at radius 3 is 2.05 bits per heavy atom. The molecule has 120 valence electrons. The summed E-state index contributed by atoms with van der Waals surface area (Å²) in [5.74, 6) is -2.54. The second kappa shape index (κ2) is 7.38. The highest BCUT2D eigenvalue weighted by molar-refractivity contribution is 5.78. The van der Waals surface area contributed by atoms with Gasteiger partial charge >= 0.3 is 11.9 Å². The number of benzene rings is 1. The topological polar surface area (TPSA) is 76.1 Å². The maximum absolute atomic E-state index is 11.9. The average Bonchev–Trinajstić information content (AvgIpc) is 2.55. The highest BCUT2D eigenvalue weighted by Crippen LogP contribution is 2.26. The maximum Gasteiger partial charge on any atom is 0.312 e. The van der Waals surface area contributed by atoms with E-state index in [1.54, 1.807) is 0 Å². The largest absolute Gasteiger partial charge is 0.469 e. The third-order valence-corrected chi connectivity index (χ3v) is 3.99. The molecular weight excluding hydrogens is 286 g/mol. The van der Waals surface area contributed by atoms with Gasteiger partial charge in [-0.3, -0.25) is 14.5 Å². The number of likely N-dealkylation sites (tertiary alicyclic amines) is 1. The second-order valence-electron chi connectivity index (χ2n) is 5.43. The molecule has 0 saturated carbocycles. The number of carbonyl (C=O) groups excluding carboxylic acids is 2. The summed E-state index contributed by atoms with van der Waals surface area (Å²) in [6, 6.07) is 9.75. The quantitative estimate of drug-likeness (QED) is 0.814. The Bertz CT molecular complexity index is 493. The maximum atomic E-state index is 11.9. The SMILES string of the molecule is COC(=O)[C@H]1CN(Cc2ccccc2)C[C@@H](C(=O)OC)C1O. The molecule has 6 nitrogen and oxygen atoms in total. The van der Waals surface area contributed by atoms with E-state index in [1.807, 2.05) is 35.2 Å². The van der Waals surface area contributed by atoms with Gasteiger partial charge < -0.3 is 14.6 Å². The molecule has 0 spiro atoms. The lowest BCUT2D eigenvalue weighted by Gasteiger charge is -2.38. The van der Waals surface area contributed by atoms with Gasteiger partial charge in [-0.25, -0.2) is 0 Å². The Hall–Kier alpha value is -1.92. The van der Waals surface area contributed by atoms with E-state index in [0.29, 0.717) is 19.6 Å². The number of rotatable bonds is 4. The highest BCUT2D eigenvalue weighted by Gasteiger charge is 2.44. The van der Waals surface area contributed by atoms with Crippen LogP contribution >= 0.6 is 0 Å². The zero-order chi connectivity index (χ0) is 16.1. The van der Waals surface area contributed by atoms with Crippen LogP contribution in [0, 0.1) is 11.8 Å². The number of nitrogens with zero attached hydrogens (tertiary/aromatic N) is 1. The number of piperidine rings is 1. The number of aliphatic hydroxyl groups excluding tert-OH is 1. The first kappa shape index (κ1) is 16.5. The molecule has 1 saturated heterocycles. The summed E-state index contributed by atoms with van der Waals surface area (Å²) in [5, 5.41) is 10.3. The molecule has 1 unspecified atom stereocenters. The number of esters is 2. The summed E-state index contributed by atoms with van der Waals surface area (Å²) < 4.78 is 9.49. The van der Waals surface area contributed by atoms with Gasteiger partial charge in [0, 0.05) is 19.6 Å². The molecule has 0 amide bonds. The zero-order valence-electron chi connectivity index (χ0n) is 12.8. The fourth-order valence-electron chi connectivity index (χ4n) is 2.83. The summed E-state index contributed by atoms with van der Waals surface area (Å²) in [4.78, 5) is 25.7. The van der Waals surface area contributed by atoms with E-state index >= 15 is 0 Å². The highest BCUT2D eigenvalue weighted by atomic mass is 16.5. The predicted molar refractivity (Wildman–Crippen MR) is 78.7 cm³/mol. The van der Waals surface area contributed by atoms with E-state index in [4.69, 9.17) is 9.47 Å². The summed E-state index contributed by atoms with van der Waals surface area (Å²) in [7, 11) is 2.55. The van der Waals surface area contributed by atoms with Crippen LogP contribution in [0.3, 0.4) is 0 Å². The Morgan fingerprint density at radius 2 is 1.59 bits per heavy atom. The molecule has 2 rings (SSSR count). The fourth-order valence-corrected chi connectivity index (χ4v) is 2.83. The Balaban J connectivity index is 2.16. The minimum atomic E-state index is -1.09. The number of aliphatic hydroxyl groups is 1. The van der Waals surface area contributed by atoms with Crippen LogP contribution in [0.5, 0.6) is 0 Å². The van der Waals surface area contributed by atoms with Crippen LogP contribution in [-0.2, 0) is 25.6 Å². The molecule has 1 aliphatic heterocycles. The average molecular weight is 307 g/mol. The number of methoxy groups -OCH3 is 2. The summed E-state index contributed by atoms with van der Waals surface area (Å²) in [6.45, 7) is 1.28. The van der Waals surface area contributed by atoms with Crippen LogP contribution in [0.15, 0.2) is 30.3 Å². The Morgan fingerprint density at radius 1 is 1.09 bits per heavy atom. The van der Waals surface area contributed by atoms with Crippen molar-refractivity contribution in [2.75, 3.05) is 27.3 Å². The minimum Gasteiger partial charge on any atom is -0.469 e. The molecule has 3 atom stereocenters. The van der Waals surface area contributed by atoms with Crippen molar-refractivity contribution in [2.24, 2.45) is 11.8 Å². The third kappa shape index (κ3) is 3.64. The van der Waals surface area contributed by atoms with Crippen LogP contribution in [0.25, 0.3) is 0 Å². The van der Waals surface area contributed by atoms with Crippen molar-refractivity contribution in [3.63, 3.8) is 0 Å². The number of carbonyl (C=O) groups is 2. The Labute approximate surface area is 129 Å². The van der Waals surface area contributed by atoms with Gasteiger partial charge in [0.15, 0.2) is 0 Å². The molecule has 1 fully saturated rings. The van der Waals surface area contributed by atoms with Gasteiger partial charge in [0.1, 0.15) is 0 Å². The predicted octanol–water partition coefficient (Wildman–Crippen LogP) is 0.442. The van der Waals surface area contributed by atoms with Gasteiger partial charge in [-0.2, -0.15) is 0 Å². The van der Waals surface area contributed by atoms with Crippen LogP contribution in [0.4, 0.5) is 0 Å². The molecule has 22 heavy (non-hydrogen) atoms. The number of ether oxygens (including phenoxy) is 2. The molecule has 1 heterocycles. The number of hydrogen-bond donors (Lipinski definition) is 1. The standard InChI is InChI=1S/C16H21NO5/c1-21-15(19)12-9-17(8-11-6-4-3-5-7-11)10-13(14(12)18)16(20)22-2/h3-7,12-14,18H,8-10H2,1-2H3/t12-,13+,14?. The van der Waals surface area contributed by atoms with Crippen molar-refractivity contribution in [3.05, 3.63) is 35.9 Å². The van der Waals surface area contributed by atoms with Crippen molar-refractivity contribution in [2.45, 2.75) is 12.6 Å². The summed E-state index contributed by atoms with van der Waals surface area (Å²) >= 11 is 0. The third-order valence-electron chi connectivity index (χ3n) is 3.99. The van der Waals surface area contributed by atoms with Gasteiger partial charge in [-0.15, -0.1) is 0 Å². The molecule has 1 aliphatic rings. The molecule has 1 aromatic rings. The molecule has 0 bridgehead atoms. The number of hydrogen-bond acceptors (Lipinski definition) is 6. The minimum absolute atomic E-state index is 0.343. The van der Waals surface area contributed by atoms with Crippen LogP contribution < -0.4 is 0 Å². The van der Waals surface area contributed by atoms with E-state index in [0.717, 1.165) is 5.56 Å². The van der Waals surface area contributed by atoms with E-state index < -0.39 is 29.9 Å². The van der Waals surface area contributed by atoms with Gasteiger partial charge in [-0.05, 0) is 5.56 Å². The lowest BCUT2D eigenvalue weighted by Crippen LogP contribution is -2.54. The lowest BCUT2D eigenvalue weighted by molar-refractivity contribution is -0.165. The van der Waals surface area contributed by atoms with Crippen molar-refractivity contribution < 1.29 is 24.2 Å². The van der Waals surface area contributed by atoms with Crippen molar-refractivity contribution >= 4 is 11.9 Å². The van der Waals surface area contributed by atoms with E-state index in [1.165, 1.54) is 14.2 Å². The monoisotopic (exact) mass is 307 g/mol. The van der Waals surface area contributed by atoms with Crippen LogP contribution in [0.1, 0.15) is 5.56 Å². The summed E-state index contributed by atoms with van der Waals surface area (Å²) in [5.41, 5.74) is 1.08. The van der Waals surface area contributed by atoms with E-state index in [-0.39, 0.29) is 0 Å².